The summed E-state index contributed by atoms with van der Waals surface area (Å²) in [6.45, 7) is 9.09. The van der Waals surface area contributed by atoms with E-state index in [1.54, 1.807) is 0 Å². The van der Waals surface area contributed by atoms with Crippen LogP contribution in [-0.4, -0.2) is 30.8 Å². The zero-order chi connectivity index (χ0) is 25.4. The molecule has 9 atom stereocenters. The molecule has 4 aliphatic carbocycles. The maximum atomic E-state index is 12.7. The summed E-state index contributed by atoms with van der Waals surface area (Å²) in [6.07, 6.45) is 13.9. The SMILES string of the molecule is CCC(C)C(NC(=O)CCCC1CCC2C3CCC4CC(=O)CCC4(C)C3CCC12C)C(=O)OC. The van der Waals surface area contributed by atoms with Gasteiger partial charge < -0.3 is 10.1 Å². The molecule has 1 amide bonds. The van der Waals surface area contributed by atoms with Crippen LogP contribution in [0.15, 0.2) is 0 Å². The van der Waals surface area contributed by atoms with Crippen LogP contribution in [0.1, 0.15) is 111 Å². The number of fused-ring (bicyclic) bond motifs is 5. The third-order valence-corrected chi connectivity index (χ3v) is 11.6. The summed E-state index contributed by atoms with van der Waals surface area (Å²) in [5.74, 6) is 3.95. The van der Waals surface area contributed by atoms with Crippen molar-refractivity contribution in [2.24, 2.45) is 46.3 Å². The lowest BCUT2D eigenvalue weighted by Crippen LogP contribution is -2.53. The number of carbonyl (C=O) groups is 3. The second-order valence-corrected chi connectivity index (χ2v) is 13.1. The lowest BCUT2D eigenvalue weighted by molar-refractivity contribution is -0.146. The van der Waals surface area contributed by atoms with Crippen molar-refractivity contribution in [2.45, 2.75) is 117 Å². The number of amides is 1. The Balaban J connectivity index is 1.33. The first-order valence-corrected chi connectivity index (χ1v) is 14.5. The molecular weight excluding hydrogens is 438 g/mol. The third-order valence-electron chi connectivity index (χ3n) is 11.6. The molecule has 4 rings (SSSR count). The Hall–Kier alpha value is -1.39. The highest BCUT2D eigenvalue weighted by Gasteiger charge is 2.59. The molecule has 9 unspecified atom stereocenters. The number of esters is 1. The van der Waals surface area contributed by atoms with Gasteiger partial charge in [0, 0.05) is 19.3 Å². The molecule has 0 bridgehead atoms. The van der Waals surface area contributed by atoms with E-state index < -0.39 is 6.04 Å². The Morgan fingerprint density at radius 2 is 1.80 bits per heavy atom. The molecule has 5 nitrogen and oxygen atoms in total. The second-order valence-electron chi connectivity index (χ2n) is 13.1. The van der Waals surface area contributed by atoms with Crippen molar-refractivity contribution >= 4 is 17.7 Å². The fraction of sp³-hybridized carbons (Fsp3) is 0.900. The van der Waals surface area contributed by atoms with E-state index in [9.17, 15) is 14.4 Å². The molecule has 4 fully saturated rings. The topological polar surface area (TPSA) is 72.5 Å². The van der Waals surface area contributed by atoms with E-state index in [4.69, 9.17) is 4.74 Å². The number of nitrogens with one attached hydrogen (secondary N) is 1. The average molecular weight is 488 g/mol. The van der Waals surface area contributed by atoms with E-state index >= 15 is 0 Å². The number of Topliss-reactive ketones (excluding diaryl/α,β-unsaturated/α-hetero) is 1. The van der Waals surface area contributed by atoms with Crippen molar-refractivity contribution in [3.8, 4) is 0 Å². The number of hydrogen-bond acceptors (Lipinski definition) is 4. The van der Waals surface area contributed by atoms with E-state index in [-0.39, 0.29) is 17.8 Å². The summed E-state index contributed by atoms with van der Waals surface area (Å²) in [4.78, 5) is 36.9. The Labute approximate surface area is 212 Å². The minimum Gasteiger partial charge on any atom is -0.467 e. The van der Waals surface area contributed by atoms with Gasteiger partial charge in [0.25, 0.3) is 0 Å². The smallest absolute Gasteiger partial charge is 0.328 e. The Bertz CT molecular complexity index is 810. The van der Waals surface area contributed by atoms with Crippen LogP contribution in [0.25, 0.3) is 0 Å². The quantitative estimate of drug-likeness (QED) is 0.421. The number of ketones is 1. The molecule has 1 N–H and O–H groups in total. The maximum Gasteiger partial charge on any atom is 0.328 e. The van der Waals surface area contributed by atoms with Crippen molar-refractivity contribution in [3.63, 3.8) is 0 Å². The van der Waals surface area contributed by atoms with E-state index in [0.717, 1.165) is 56.3 Å². The van der Waals surface area contributed by atoms with Crippen molar-refractivity contribution in [3.05, 3.63) is 0 Å². The van der Waals surface area contributed by atoms with E-state index in [2.05, 4.69) is 19.2 Å². The van der Waals surface area contributed by atoms with Gasteiger partial charge in [-0.2, -0.15) is 0 Å². The molecule has 0 aromatic rings. The van der Waals surface area contributed by atoms with Gasteiger partial charge in [-0.1, -0.05) is 34.1 Å². The van der Waals surface area contributed by atoms with E-state index in [1.165, 1.54) is 45.6 Å². The summed E-state index contributed by atoms with van der Waals surface area (Å²) in [7, 11) is 1.39. The number of methoxy groups -OCH3 is 1. The van der Waals surface area contributed by atoms with Crippen molar-refractivity contribution < 1.29 is 19.1 Å². The van der Waals surface area contributed by atoms with Gasteiger partial charge in [0.15, 0.2) is 0 Å². The summed E-state index contributed by atoms with van der Waals surface area (Å²) in [6, 6.07) is -0.548. The van der Waals surface area contributed by atoms with Gasteiger partial charge in [-0.15, -0.1) is 0 Å². The van der Waals surface area contributed by atoms with Gasteiger partial charge in [-0.25, -0.2) is 4.79 Å². The zero-order valence-electron chi connectivity index (χ0n) is 22.9. The highest BCUT2D eigenvalue weighted by molar-refractivity contribution is 5.84. The molecule has 4 saturated carbocycles. The predicted octanol–water partition coefficient (Wildman–Crippen LogP) is 6.09. The van der Waals surface area contributed by atoms with Crippen molar-refractivity contribution in [1.82, 2.24) is 5.32 Å². The first-order valence-electron chi connectivity index (χ1n) is 14.5. The van der Waals surface area contributed by atoms with Gasteiger partial charge in [0.05, 0.1) is 7.11 Å². The molecule has 5 heteroatoms. The Morgan fingerprint density at radius 3 is 2.51 bits per heavy atom. The number of rotatable bonds is 8. The van der Waals surface area contributed by atoms with Gasteiger partial charge in [-0.05, 0) is 104 Å². The first-order chi connectivity index (χ1) is 16.6. The molecule has 198 valence electrons. The lowest BCUT2D eigenvalue weighted by atomic mass is 9.44. The molecular formula is C30H49NO4. The van der Waals surface area contributed by atoms with Gasteiger partial charge in [0.2, 0.25) is 5.91 Å². The Kier molecular flexibility index (Phi) is 8.03. The van der Waals surface area contributed by atoms with Crippen LogP contribution in [0.3, 0.4) is 0 Å². The number of ether oxygens (including phenoxy) is 1. The first kappa shape index (κ1) is 26.7. The molecule has 4 aliphatic rings. The van der Waals surface area contributed by atoms with E-state index in [0.29, 0.717) is 34.9 Å². The van der Waals surface area contributed by atoms with Gasteiger partial charge in [-0.3, -0.25) is 9.59 Å². The molecule has 0 saturated heterocycles. The molecule has 0 aromatic heterocycles. The Morgan fingerprint density at radius 1 is 1.06 bits per heavy atom. The number of carbonyl (C=O) groups excluding carboxylic acids is 3. The van der Waals surface area contributed by atoms with Crippen molar-refractivity contribution in [1.29, 1.82) is 0 Å². The summed E-state index contributed by atoms with van der Waals surface area (Å²) in [5, 5.41) is 2.94. The molecule has 0 spiro atoms. The molecule has 0 radical (unpaired) electrons. The van der Waals surface area contributed by atoms with Crippen molar-refractivity contribution in [2.75, 3.05) is 7.11 Å². The zero-order valence-corrected chi connectivity index (χ0v) is 22.9. The molecule has 35 heavy (non-hydrogen) atoms. The van der Waals surface area contributed by atoms with Crippen LogP contribution in [0.2, 0.25) is 0 Å². The average Bonchev–Trinajstić information content (AvgIpc) is 3.18. The maximum absolute atomic E-state index is 12.7. The minimum atomic E-state index is -0.548. The van der Waals surface area contributed by atoms with Crippen LogP contribution >= 0.6 is 0 Å². The number of hydrogen-bond donors (Lipinski definition) is 1. The fourth-order valence-electron chi connectivity index (χ4n) is 9.18. The highest BCUT2D eigenvalue weighted by atomic mass is 16.5. The highest BCUT2D eigenvalue weighted by Crippen LogP contribution is 2.67. The monoisotopic (exact) mass is 487 g/mol. The molecule has 0 heterocycles. The fourth-order valence-corrected chi connectivity index (χ4v) is 9.18. The summed E-state index contributed by atoms with van der Waals surface area (Å²) in [5.41, 5.74) is 0.775. The lowest BCUT2D eigenvalue weighted by Gasteiger charge is -2.60. The van der Waals surface area contributed by atoms with Crippen LogP contribution in [0.5, 0.6) is 0 Å². The van der Waals surface area contributed by atoms with Crippen LogP contribution in [-0.2, 0) is 19.1 Å². The minimum absolute atomic E-state index is 0.0257. The third kappa shape index (κ3) is 4.94. The summed E-state index contributed by atoms with van der Waals surface area (Å²) >= 11 is 0. The molecule has 0 aromatic carbocycles. The second kappa shape index (κ2) is 10.5. The standard InChI is InChI=1S/C30H49NO4/c1-6-19(2)27(28(34)35-5)31-26(33)9-7-8-20-11-13-24-23-12-10-21-18-22(32)14-16-30(21,4)25(23)15-17-29(20,24)3/h19-21,23-25,27H,6-18H2,1-5H3,(H,31,33). The predicted molar refractivity (Wildman–Crippen MR) is 137 cm³/mol. The molecule has 0 aliphatic heterocycles. The van der Waals surface area contributed by atoms with Gasteiger partial charge >= 0.3 is 5.97 Å². The van der Waals surface area contributed by atoms with Crippen LogP contribution in [0.4, 0.5) is 0 Å². The normalized spacial score (nSPS) is 40.1. The largest absolute Gasteiger partial charge is 0.467 e. The van der Waals surface area contributed by atoms with Gasteiger partial charge in [0.1, 0.15) is 11.8 Å². The van der Waals surface area contributed by atoms with Crippen LogP contribution in [0, 0.1) is 46.3 Å². The van der Waals surface area contributed by atoms with E-state index in [1.807, 2.05) is 13.8 Å². The summed E-state index contributed by atoms with van der Waals surface area (Å²) < 4.78 is 4.91. The van der Waals surface area contributed by atoms with Crippen LogP contribution < -0.4 is 5.32 Å².